The molecule has 0 aliphatic heterocycles. The van der Waals surface area contributed by atoms with Crippen molar-refractivity contribution in [2.24, 2.45) is 0 Å². The van der Waals surface area contributed by atoms with Crippen LogP contribution in [0.2, 0.25) is 0 Å². The third-order valence-corrected chi connectivity index (χ3v) is 6.28. The van der Waals surface area contributed by atoms with Gasteiger partial charge in [0.15, 0.2) is 0 Å². The Labute approximate surface area is 184 Å². The molecular formula is C21H15F2N5OS2. The van der Waals surface area contributed by atoms with Crippen LogP contribution in [-0.4, -0.2) is 31.8 Å². The van der Waals surface area contributed by atoms with E-state index < -0.39 is 17.5 Å². The molecule has 0 saturated heterocycles. The fourth-order valence-electron chi connectivity index (χ4n) is 2.68. The molecule has 1 N–H and O–H groups in total. The molecule has 0 saturated carbocycles. The van der Waals surface area contributed by atoms with Crippen LogP contribution in [0, 0.1) is 18.6 Å². The first-order valence-corrected chi connectivity index (χ1v) is 10.9. The topological polar surface area (TPSA) is 80.7 Å². The van der Waals surface area contributed by atoms with Gasteiger partial charge in [-0.2, -0.15) is 0 Å². The average Bonchev–Trinajstić information content (AvgIpc) is 3.17. The zero-order valence-electron chi connectivity index (χ0n) is 16.2. The molecule has 0 spiro atoms. The summed E-state index contributed by atoms with van der Waals surface area (Å²) in [6.45, 7) is 1.91. The Morgan fingerprint density at radius 1 is 1.16 bits per heavy atom. The summed E-state index contributed by atoms with van der Waals surface area (Å²) in [5.74, 6) is -1.95. The number of nitrogens with one attached hydrogen (secondary N) is 1. The number of aromatic nitrogens is 4. The average molecular weight is 456 g/mol. The number of rotatable bonds is 6. The second-order valence-electron chi connectivity index (χ2n) is 6.39. The Morgan fingerprint density at radius 2 is 2.03 bits per heavy atom. The van der Waals surface area contributed by atoms with E-state index in [0.717, 1.165) is 39.0 Å². The number of benzene rings is 1. The maximum Gasteiger partial charge on any atom is 0.234 e. The molecule has 10 heteroatoms. The second-order valence-corrected chi connectivity index (χ2v) is 8.39. The van der Waals surface area contributed by atoms with Crippen LogP contribution in [0.5, 0.6) is 0 Å². The number of hydrogen-bond donors (Lipinski definition) is 1. The standard InChI is InChI=1S/C21H15F2N5OS2/c1-12-20(31-21(25-12)13-3-2-8-24-10-13)17-6-7-19(28-27-17)30-11-18(29)26-16-5-4-14(22)9-15(16)23/h2-10H,11H2,1H3,(H,26,29). The van der Waals surface area contributed by atoms with E-state index in [0.29, 0.717) is 16.8 Å². The summed E-state index contributed by atoms with van der Waals surface area (Å²) in [6.07, 6.45) is 3.47. The Bertz CT molecular complexity index is 1220. The summed E-state index contributed by atoms with van der Waals surface area (Å²) in [6, 6.07) is 10.4. The van der Waals surface area contributed by atoms with E-state index in [1.165, 1.54) is 17.4 Å². The van der Waals surface area contributed by atoms with Gasteiger partial charge in [-0.25, -0.2) is 13.8 Å². The number of thiazole rings is 1. The highest BCUT2D eigenvalue weighted by atomic mass is 32.2. The fourth-order valence-corrected chi connectivity index (χ4v) is 4.32. The van der Waals surface area contributed by atoms with Crippen LogP contribution in [0.4, 0.5) is 14.5 Å². The summed E-state index contributed by atoms with van der Waals surface area (Å²) < 4.78 is 26.6. The lowest BCUT2D eigenvalue weighted by Crippen LogP contribution is -2.15. The molecule has 0 aliphatic carbocycles. The minimum absolute atomic E-state index is 0.00951. The van der Waals surface area contributed by atoms with Crippen LogP contribution < -0.4 is 5.32 Å². The van der Waals surface area contributed by atoms with Gasteiger partial charge in [-0.15, -0.1) is 21.5 Å². The minimum atomic E-state index is -0.826. The summed E-state index contributed by atoms with van der Waals surface area (Å²) >= 11 is 2.67. The molecule has 0 fully saturated rings. The van der Waals surface area contributed by atoms with Crippen LogP contribution in [0.15, 0.2) is 59.9 Å². The van der Waals surface area contributed by atoms with Crippen molar-refractivity contribution < 1.29 is 13.6 Å². The monoisotopic (exact) mass is 455 g/mol. The van der Waals surface area contributed by atoms with Crippen molar-refractivity contribution in [2.75, 3.05) is 11.1 Å². The summed E-state index contributed by atoms with van der Waals surface area (Å²) in [5, 5.41) is 12.2. The lowest BCUT2D eigenvalue weighted by molar-refractivity contribution is -0.113. The van der Waals surface area contributed by atoms with E-state index in [9.17, 15) is 13.6 Å². The molecule has 4 aromatic rings. The van der Waals surface area contributed by atoms with Crippen LogP contribution in [0.1, 0.15) is 5.69 Å². The SMILES string of the molecule is Cc1nc(-c2cccnc2)sc1-c1ccc(SCC(=O)Nc2ccc(F)cc2F)nn1. The number of nitrogens with zero attached hydrogens (tertiary/aromatic N) is 4. The molecule has 0 radical (unpaired) electrons. The van der Waals surface area contributed by atoms with Gasteiger partial charge in [0.05, 0.1) is 22.0 Å². The van der Waals surface area contributed by atoms with Gasteiger partial charge in [-0.1, -0.05) is 11.8 Å². The summed E-state index contributed by atoms with van der Waals surface area (Å²) in [4.78, 5) is 21.7. The quantitative estimate of drug-likeness (QED) is 0.413. The van der Waals surface area contributed by atoms with Gasteiger partial charge in [-0.3, -0.25) is 9.78 Å². The molecule has 3 aromatic heterocycles. The maximum atomic E-state index is 13.6. The van der Waals surface area contributed by atoms with E-state index in [-0.39, 0.29) is 11.4 Å². The first-order valence-electron chi connectivity index (χ1n) is 9.09. The maximum absolute atomic E-state index is 13.6. The minimum Gasteiger partial charge on any atom is -0.323 e. The highest BCUT2D eigenvalue weighted by Crippen LogP contribution is 2.34. The second kappa shape index (κ2) is 9.27. The zero-order chi connectivity index (χ0) is 21.8. The van der Waals surface area contributed by atoms with Crippen LogP contribution in [0.25, 0.3) is 21.1 Å². The van der Waals surface area contributed by atoms with Gasteiger partial charge in [-0.05, 0) is 43.3 Å². The number of anilines is 1. The van der Waals surface area contributed by atoms with Crippen LogP contribution >= 0.6 is 23.1 Å². The van der Waals surface area contributed by atoms with Crippen molar-refractivity contribution in [3.63, 3.8) is 0 Å². The number of pyridine rings is 1. The van der Waals surface area contributed by atoms with Crippen molar-refractivity contribution in [3.05, 3.63) is 72.2 Å². The molecule has 0 aliphatic rings. The highest BCUT2D eigenvalue weighted by Gasteiger charge is 2.14. The first-order chi connectivity index (χ1) is 15.0. The van der Waals surface area contributed by atoms with Crippen molar-refractivity contribution in [1.82, 2.24) is 20.2 Å². The van der Waals surface area contributed by atoms with E-state index >= 15 is 0 Å². The molecule has 6 nitrogen and oxygen atoms in total. The van der Waals surface area contributed by atoms with Crippen molar-refractivity contribution in [1.29, 1.82) is 0 Å². The highest BCUT2D eigenvalue weighted by molar-refractivity contribution is 7.99. The zero-order valence-corrected chi connectivity index (χ0v) is 17.8. The van der Waals surface area contributed by atoms with Gasteiger partial charge in [0.25, 0.3) is 0 Å². The smallest absolute Gasteiger partial charge is 0.234 e. The van der Waals surface area contributed by atoms with E-state index in [1.807, 2.05) is 25.1 Å². The number of aryl methyl sites for hydroxylation is 1. The lowest BCUT2D eigenvalue weighted by Gasteiger charge is -2.06. The van der Waals surface area contributed by atoms with Crippen molar-refractivity contribution in [3.8, 4) is 21.1 Å². The van der Waals surface area contributed by atoms with Crippen molar-refractivity contribution in [2.45, 2.75) is 11.9 Å². The van der Waals surface area contributed by atoms with Gasteiger partial charge in [0, 0.05) is 24.0 Å². The van der Waals surface area contributed by atoms with E-state index in [2.05, 4.69) is 25.5 Å². The predicted molar refractivity (Wildman–Crippen MR) is 117 cm³/mol. The number of thioether (sulfide) groups is 1. The summed E-state index contributed by atoms with van der Waals surface area (Å²) in [5.41, 5.74) is 2.40. The number of carbonyl (C=O) groups excluding carboxylic acids is 1. The molecule has 3 heterocycles. The van der Waals surface area contributed by atoms with Gasteiger partial charge < -0.3 is 5.32 Å². The third-order valence-electron chi connectivity index (χ3n) is 4.13. The van der Waals surface area contributed by atoms with Gasteiger partial charge >= 0.3 is 0 Å². The molecule has 1 amide bonds. The number of carbonyl (C=O) groups is 1. The molecule has 0 atom stereocenters. The number of hydrogen-bond acceptors (Lipinski definition) is 7. The van der Waals surface area contributed by atoms with E-state index in [4.69, 9.17) is 0 Å². The number of halogens is 2. The third kappa shape index (κ3) is 5.09. The molecule has 0 unspecified atom stereocenters. The largest absolute Gasteiger partial charge is 0.323 e. The number of amides is 1. The molecule has 4 rings (SSSR count). The Kier molecular flexibility index (Phi) is 6.28. The van der Waals surface area contributed by atoms with Crippen molar-refractivity contribution >= 4 is 34.7 Å². The van der Waals surface area contributed by atoms with E-state index in [1.54, 1.807) is 18.5 Å². The lowest BCUT2D eigenvalue weighted by atomic mass is 10.3. The molecule has 0 bridgehead atoms. The van der Waals surface area contributed by atoms with Crippen LogP contribution in [-0.2, 0) is 4.79 Å². The Morgan fingerprint density at radius 3 is 2.74 bits per heavy atom. The fraction of sp³-hybridized carbons (Fsp3) is 0.0952. The van der Waals surface area contributed by atoms with Gasteiger partial charge in [0.1, 0.15) is 27.4 Å². The molecular weight excluding hydrogens is 440 g/mol. The first kappa shape index (κ1) is 21.0. The normalized spacial score (nSPS) is 10.8. The molecule has 31 heavy (non-hydrogen) atoms. The van der Waals surface area contributed by atoms with Crippen LogP contribution in [0.3, 0.4) is 0 Å². The Hall–Kier alpha value is -3.24. The molecule has 1 aromatic carbocycles. The predicted octanol–water partition coefficient (Wildman–Crippen LogP) is 4.98. The molecule has 156 valence electrons. The summed E-state index contributed by atoms with van der Waals surface area (Å²) in [7, 11) is 0. The Balaban J connectivity index is 1.39. The van der Waals surface area contributed by atoms with Gasteiger partial charge in [0.2, 0.25) is 5.91 Å².